The Bertz CT molecular complexity index is 553. The van der Waals surface area contributed by atoms with E-state index in [0.29, 0.717) is 16.5 Å². The Morgan fingerprint density at radius 2 is 2.21 bits per heavy atom. The number of benzene rings is 1. The SMILES string of the molecule is COc1ccc(CS(=O)CCc2cccs2)c(Cl)c1. The van der Waals surface area contributed by atoms with Gasteiger partial charge >= 0.3 is 0 Å². The highest BCUT2D eigenvalue weighted by atomic mass is 35.5. The van der Waals surface area contributed by atoms with E-state index >= 15 is 0 Å². The maximum atomic E-state index is 12.0. The highest BCUT2D eigenvalue weighted by Crippen LogP contribution is 2.23. The first-order valence-electron chi connectivity index (χ1n) is 5.89. The maximum Gasteiger partial charge on any atom is 0.120 e. The van der Waals surface area contributed by atoms with Gasteiger partial charge in [0.25, 0.3) is 0 Å². The van der Waals surface area contributed by atoms with Gasteiger partial charge < -0.3 is 4.74 Å². The van der Waals surface area contributed by atoms with Gasteiger partial charge in [0.15, 0.2) is 0 Å². The van der Waals surface area contributed by atoms with Crippen molar-refractivity contribution in [2.24, 2.45) is 0 Å². The van der Waals surface area contributed by atoms with Gasteiger partial charge in [-0.1, -0.05) is 23.7 Å². The minimum Gasteiger partial charge on any atom is -0.497 e. The topological polar surface area (TPSA) is 26.3 Å². The number of ether oxygens (including phenoxy) is 1. The third kappa shape index (κ3) is 4.34. The zero-order valence-corrected chi connectivity index (χ0v) is 13.0. The van der Waals surface area contributed by atoms with Crippen molar-refractivity contribution in [3.63, 3.8) is 0 Å². The normalized spacial score (nSPS) is 12.3. The van der Waals surface area contributed by atoms with Crippen molar-refractivity contribution >= 4 is 33.7 Å². The molecular weight excluding hydrogens is 300 g/mol. The molecule has 1 unspecified atom stereocenters. The van der Waals surface area contributed by atoms with E-state index in [1.807, 2.05) is 23.6 Å². The van der Waals surface area contributed by atoms with Gasteiger partial charge in [-0.3, -0.25) is 4.21 Å². The highest BCUT2D eigenvalue weighted by molar-refractivity contribution is 7.84. The molecule has 0 fully saturated rings. The molecule has 2 rings (SSSR count). The summed E-state index contributed by atoms with van der Waals surface area (Å²) in [6.45, 7) is 0. The molecule has 102 valence electrons. The molecular formula is C14H15ClO2S2. The van der Waals surface area contributed by atoms with Gasteiger partial charge in [0.1, 0.15) is 5.75 Å². The van der Waals surface area contributed by atoms with Gasteiger partial charge in [-0.15, -0.1) is 11.3 Å². The molecule has 0 aliphatic rings. The Kier molecular flexibility index (Phi) is 5.43. The summed E-state index contributed by atoms with van der Waals surface area (Å²) in [4.78, 5) is 1.27. The molecule has 2 nitrogen and oxygen atoms in total. The average Bonchev–Trinajstić information content (AvgIpc) is 2.92. The molecule has 5 heteroatoms. The van der Waals surface area contributed by atoms with Crippen molar-refractivity contribution in [1.29, 1.82) is 0 Å². The summed E-state index contributed by atoms with van der Waals surface area (Å²) in [6.07, 6.45) is 0.859. The van der Waals surface area contributed by atoms with Gasteiger partial charge in [0.2, 0.25) is 0 Å². The van der Waals surface area contributed by atoms with Crippen molar-refractivity contribution in [2.45, 2.75) is 12.2 Å². The molecule has 1 atom stereocenters. The minimum atomic E-state index is -0.893. The molecule has 2 aromatic rings. The first-order valence-corrected chi connectivity index (χ1v) is 8.63. The molecule has 1 aromatic carbocycles. The van der Waals surface area contributed by atoms with Crippen LogP contribution in [0.1, 0.15) is 10.4 Å². The number of methoxy groups -OCH3 is 1. The summed E-state index contributed by atoms with van der Waals surface area (Å²) in [5, 5.41) is 2.65. The molecule has 0 amide bonds. The number of thiophene rings is 1. The van der Waals surface area contributed by atoms with Crippen LogP contribution in [-0.2, 0) is 23.0 Å². The lowest BCUT2D eigenvalue weighted by Crippen LogP contribution is -2.03. The molecule has 0 bridgehead atoms. The van der Waals surface area contributed by atoms with Crippen molar-refractivity contribution in [3.05, 3.63) is 51.2 Å². The van der Waals surface area contributed by atoms with Gasteiger partial charge in [-0.2, -0.15) is 0 Å². The van der Waals surface area contributed by atoms with E-state index in [-0.39, 0.29) is 0 Å². The van der Waals surface area contributed by atoms with Crippen LogP contribution in [0.4, 0.5) is 0 Å². The van der Waals surface area contributed by atoms with Crippen molar-refractivity contribution in [1.82, 2.24) is 0 Å². The van der Waals surface area contributed by atoms with E-state index in [1.165, 1.54) is 4.88 Å². The van der Waals surface area contributed by atoms with Crippen molar-refractivity contribution < 1.29 is 8.95 Å². The third-order valence-corrected chi connectivity index (χ3v) is 5.31. The smallest absolute Gasteiger partial charge is 0.120 e. The number of rotatable bonds is 6. The van der Waals surface area contributed by atoms with E-state index in [4.69, 9.17) is 16.3 Å². The van der Waals surface area contributed by atoms with E-state index in [2.05, 4.69) is 6.07 Å². The van der Waals surface area contributed by atoms with Crippen LogP contribution >= 0.6 is 22.9 Å². The van der Waals surface area contributed by atoms with Crippen LogP contribution in [0.5, 0.6) is 5.75 Å². The summed E-state index contributed by atoms with van der Waals surface area (Å²) in [5.41, 5.74) is 0.909. The highest BCUT2D eigenvalue weighted by Gasteiger charge is 2.07. The minimum absolute atomic E-state index is 0.494. The van der Waals surface area contributed by atoms with E-state index in [9.17, 15) is 4.21 Å². The van der Waals surface area contributed by atoms with Crippen molar-refractivity contribution in [3.8, 4) is 5.75 Å². The van der Waals surface area contributed by atoms with Crippen LogP contribution in [0.3, 0.4) is 0 Å². The molecule has 0 aliphatic carbocycles. The first kappa shape index (κ1) is 14.6. The standard InChI is InChI=1S/C14H15ClO2S2/c1-17-12-5-4-11(14(15)9-12)10-19(16)8-6-13-3-2-7-18-13/h2-5,7,9H,6,8,10H2,1H3. The molecule has 0 aliphatic heterocycles. The van der Waals surface area contributed by atoms with Crippen LogP contribution in [0.2, 0.25) is 5.02 Å². The monoisotopic (exact) mass is 314 g/mol. The lowest BCUT2D eigenvalue weighted by molar-refractivity contribution is 0.414. The lowest BCUT2D eigenvalue weighted by Gasteiger charge is -2.06. The maximum absolute atomic E-state index is 12.0. The van der Waals surface area contributed by atoms with Crippen LogP contribution in [-0.4, -0.2) is 17.1 Å². The second kappa shape index (κ2) is 7.08. The Labute approximate surface area is 124 Å². The summed E-state index contributed by atoms with van der Waals surface area (Å²) in [7, 11) is 0.709. The fraction of sp³-hybridized carbons (Fsp3) is 0.286. The van der Waals surface area contributed by atoms with Gasteiger partial charge in [-0.25, -0.2) is 0 Å². The largest absolute Gasteiger partial charge is 0.497 e. The quantitative estimate of drug-likeness (QED) is 0.808. The van der Waals surface area contributed by atoms with Gasteiger partial charge in [-0.05, 0) is 35.6 Å². The Morgan fingerprint density at radius 1 is 1.37 bits per heavy atom. The van der Waals surface area contributed by atoms with E-state index in [0.717, 1.165) is 17.7 Å². The molecule has 0 saturated heterocycles. The zero-order valence-electron chi connectivity index (χ0n) is 10.6. The molecule has 0 radical (unpaired) electrons. The molecule has 1 heterocycles. The lowest BCUT2D eigenvalue weighted by atomic mass is 10.2. The summed E-state index contributed by atoms with van der Waals surface area (Å²) in [6, 6.07) is 9.57. The second-order valence-electron chi connectivity index (χ2n) is 4.07. The van der Waals surface area contributed by atoms with Crippen LogP contribution in [0.25, 0.3) is 0 Å². The molecule has 1 aromatic heterocycles. The van der Waals surface area contributed by atoms with Crippen LogP contribution in [0.15, 0.2) is 35.7 Å². The predicted octanol–water partition coefficient (Wildman–Crippen LogP) is 3.90. The summed E-state index contributed by atoms with van der Waals surface area (Å²) in [5.74, 6) is 1.88. The van der Waals surface area contributed by atoms with Crippen LogP contribution < -0.4 is 4.74 Å². The molecule has 0 saturated carbocycles. The van der Waals surface area contributed by atoms with Crippen LogP contribution in [0, 0.1) is 0 Å². The Hall–Kier alpha value is -0.840. The number of hydrogen-bond donors (Lipinski definition) is 0. The number of hydrogen-bond acceptors (Lipinski definition) is 3. The Balaban J connectivity index is 1.91. The molecule has 19 heavy (non-hydrogen) atoms. The summed E-state index contributed by atoms with van der Waals surface area (Å²) >= 11 is 7.84. The van der Waals surface area contributed by atoms with E-state index in [1.54, 1.807) is 24.5 Å². The zero-order chi connectivity index (χ0) is 13.7. The fourth-order valence-electron chi connectivity index (χ4n) is 1.69. The second-order valence-corrected chi connectivity index (χ2v) is 7.09. The van der Waals surface area contributed by atoms with Gasteiger partial charge in [0, 0.05) is 26.5 Å². The van der Waals surface area contributed by atoms with Crippen molar-refractivity contribution in [2.75, 3.05) is 12.9 Å². The summed E-state index contributed by atoms with van der Waals surface area (Å²) < 4.78 is 17.1. The number of aryl methyl sites for hydroxylation is 1. The molecule has 0 N–H and O–H groups in total. The molecule has 0 spiro atoms. The first-order chi connectivity index (χ1) is 9.19. The number of halogens is 1. The van der Waals surface area contributed by atoms with E-state index < -0.39 is 10.8 Å². The Morgan fingerprint density at radius 3 is 2.84 bits per heavy atom. The average molecular weight is 315 g/mol. The third-order valence-electron chi connectivity index (χ3n) is 2.73. The van der Waals surface area contributed by atoms with Gasteiger partial charge in [0.05, 0.1) is 12.9 Å². The predicted molar refractivity (Wildman–Crippen MR) is 82.7 cm³/mol. The fourth-order valence-corrected chi connectivity index (χ4v) is 4.03.